The molecule has 0 saturated carbocycles. The Balaban J connectivity index is 1.35. The average molecular weight is 386 g/mol. The van der Waals surface area contributed by atoms with Crippen molar-refractivity contribution in [2.75, 3.05) is 13.1 Å². The summed E-state index contributed by atoms with van der Waals surface area (Å²) in [5, 5.41) is 10.1. The molecule has 5 nitrogen and oxygen atoms in total. The minimum absolute atomic E-state index is 0.0765. The van der Waals surface area contributed by atoms with Gasteiger partial charge in [0.15, 0.2) is 0 Å². The van der Waals surface area contributed by atoms with E-state index in [9.17, 15) is 4.79 Å². The Morgan fingerprint density at radius 1 is 1.38 bits per heavy atom. The molecule has 0 bridgehead atoms. The van der Waals surface area contributed by atoms with Crippen LogP contribution < -0.4 is 0 Å². The maximum Gasteiger partial charge on any atom is 0.246 e. The van der Waals surface area contributed by atoms with Crippen LogP contribution in [0.4, 0.5) is 0 Å². The summed E-state index contributed by atoms with van der Waals surface area (Å²) >= 11 is 3.25. The van der Waals surface area contributed by atoms with E-state index in [4.69, 9.17) is 4.52 Å². The normalized spacial score (nSPS) is 17.8. The Kier molecular flexibility index (Phi) is 5.26. The van der Waals surface area contributed by atoms with E-state index >= 15 is 0 Å². The van der Waals surface area contributed by atoms with Crippen LogP contribution in [0.2, 0.25) is 0 Å². The highest BCUT2D eigenvalue weighted by Crippen LogP contribution is 2.23. The minimum Gasteiger partial charge on any atom is -0.339 e. The Morgan fingerprint density at radius 2 is 2.35 bits per heavy atom. The molecule has 26 heavy (non-hydrogen) atoms. The van der Waals surface area contributed by atoms with Gasteiger partial charge in [0, 0.05) is 41.4 Å². The molecule has 1 amide bonds. The van der Waals surface area contributed by atoms with Crippen LogP contribution in [0.25, 0.3) is 17.5 Å². The second kappa shape index (κ2) is 7.97. The van der Waals surface area contributed by atoms with Crippen molar-refractivity contribution >= 4 is 34.7 Å². The zero-order valence-corrected chi connectivity index (χ0v) is 15.8. The monoisotopic (exact) mass is 385 g/mol. The standard InChI is InChI=1S/C19H19N3O2S2/c23-18(6-5-16-4-2-9-26-16)22-8-1-3-14(12-22)11-17-20-19(21-24-17)15-7-10-25-13-15/h2,4-7,9-10,13-14H,1,3,8,11-12H2/b6-5+. The van der Waals surface area contributed by atoms with Gasteiger partial charge >= 0.3 is 0 Å². The smallest absolute Gasteiger partial charge is 0.246 e. The topological polar surface area (TPSA) is 59.2 Å². The van der Waals surface area contributed by atoms with E-state index in [0.717, 1.165) is 42.8 Å². The molecular formula is C19H19N3O2S2. The molecule has 0 aliphatic carbocycles. The first-order chi connectivity index (χ1) is 12.8. The minimum atomic E-state index is 0.0765. The number of nitrogens with zero attached hydrogens (tertiary/aromatic N) is 3. The van der Waals surface area contributed by atoms with E-state index in [1.165, 1.54) is 0 Å². The second-order valence-corrected chi connectivity index (χ2v) is 8.13. The van der Waals surface area contributed by atoms with Crippen LogP contribution in [0.15, 0.2) is 44.9 Å². The highest BCUT2D eigenvalue weighted by molar-refractivity contribution is 7.10. The maximum atomic E-state index is 12.4. The van der Waals surface area contributed by atoms with Crippen molar-refractivity contribution in [3.63, 3.8) is 0 Å². The Labute approximate surface area is 160 Å². The van der Waals surface area contributed by atoms with E-state index in [1.807, 2.05) is 45.3 Å². The van der Waals surface area contributed by atoms with Crippen LogP contribution in [0.3, 0.4) is 0 Å². The molecule has 0 aromatic carbocycles. The molecule has 1 aliphatic rings. The van der Waals surface area contributed by atoms with Gasteiger partial charge in [-0.2, -0.15) is 16.3 Å². The van der Waals surface area contributed by atoms with Crippen molar-refractivity contribution in [2.24, 2.45) is 5.92 Å². The highest BCUT2D eigenvalue weighted by atomic mass is 32.1. The van der Waals surface area contributed by atoms with E-state index in [1.54, 1.807) is 28.7 Å². The summed E-state index contributed by atoms with van der Waals surface area (Å²) in [5.41, 5.74) is 0.990. The number of amides is 1. The molecule has 3 aromatic heterocycles. The lowest BCUT2D eigenvalue weighted by Gasteiger charge is -2.31. The van der Waals surface area contributed by atoms with Gasteiger partial charge in [0.1, 0.15) is 0 Å². The lowest BCUT2D eigenvalue weighted by atomic mass is 9.94. The van der Waals surface area contributed by atoms with E-state index in [-0.39, 0.29) is 5.91 Å². The molecule has 0 N–H and O–H groups in total. The van der Waals surface area contributed by atoms with Crippen molar-refractivity contribution in [3.8, 4) is 11.4 Å². The van der Waals surface area contributed by atoms with Gasteiger partial charge in [0.2, 0.25) is 17.6 Å². The molecule has 7 heteroatoms. The summed E-state index contributed by atoms with van der Waals surface area (Å²) in [6.07, 6.45) is 6.37. The zero-order valence-electron chi connectivity index (χ0n) is 14.2. The number of carbonyl (C=O) groups is 1. The van der Waals surface area contributed by atoms with Crippen LogP contribution in [0.5, 0.6) is 0 Å². The summed E-state index contributed by atoms with van der Waals surface area (Å²) in [5.74, 6) is 1.73. The molecule has 0 radical (unpaired) electrons. The summed E-state index contributed by atoms with van der Waals surface area (Å²) in [6.45, 7) is 1.55. The third-order valence-electron chi connectivity index (χ3n) is 4.47. The molecule has 1 fully saturated rings. The molecule has 4 rings (SSSR count). The molecule has 1 unspecified atom stereocenters. The average Bonchev–Trinajstić information content (AvgIpc) is 3.41. The van der Waals surface area contributed by atoms with Gasteiger partial charge < -0.3 is 9.42 Å². The van der Waals surface area contributed by atoms with Crippen molar-refractivity contribution in [1.29, 1.82) is 0 Å². The van der Waals surface area contributed by atoms with Gasteiger partial charge in [-0.05, 0) is 47.7 Å². The Hall–Kier alpha value is -2.25. The third-order valence-corrected chi connectivity index (χ3v) is 6.00. The lowest BCUT2D eigenvalue weighted by Crippen LogP contribution is -2.39. The van der Waals surface area contributed by atoms with Gasteiger partial charge in [-0.25, -0.2) is 0 Å². The summed E-state index contributed by atoms with van der Waals surface area (Å²) < 4.78 is 5.41. The predicted octanol–water partition coefficient (Wildman–Crippen LogP) is 4.35. The summed E-state index contributed by atoms with van der Waals surface area (Å²) in [6, 6.07) is 5.98. The number of piperidine rings is 1. The van der Waals surface area contributed by atoms with E-state index < -0.39 is 0 Å². The van der Waals surface area contributed by atoms with Gasteiger partial charge in [0.05, 0.1) is 0 Å². The molecular weight excluding hydrogens is 366 g/mol. The van der Waals surface area contributed by atoms with Crippen molar-refractivity contribution in [2.45, 2.75) is 19.3 Å². The van der Waals surface area contributed by atoms with Crippen LogP contribution in [0, 0.1) is 5.92 Å². The summed E-state index contributed by atoms with van der Waals surface area (Å²) in [7, 11) is 0. The van der Waals surface area contributed by atoms with E-state index in [2.05, 4.69) is 10.1 Å². The van der Waals surface area contributed by atoms with Crippen LogP contribution in [-0.2, 0) is 11.2 Å². The number of rotatable bonds is 5. The zero-order chi connectivity index (χ0) is 17.8. The first-order valence-corrected chi connectivity index (χ1v) is 10.5. The Morgan fingerprint density at radius 3 is 3.15 bits per heavy atom. The fraction of sp³-hybridized carbons (Fsp3) is 0.316. The first-order valence-electron chi connectivity index (χ1n) is 8.63. The molecule has 1 saturated heterocycles. The molecule has 3 aromatic rings. The summed E-state index contributed by atoms with van der Waals surface area (Å²) in [4.78, 5) is 20.0. The van der Waals surface area contributed by atoms with Crippen molar-refractivity contribution in [1.82, 2.24) is 15.0 Å². The number of carbonyl (C=O) groups excluding carboxylic acids is 1. The fourth-order valence-corrected chi connectivity index (χ4v) is 4.42. The fourth-order valence-electron chi connectivity index (χ4n) is 3.17. The third kappa shape index (κ3) is 4.11. The maximum absolute atomic E-state index is 12.4. The van der Waals surface area contributed by atoms with Gasteiger partial charge in [0.25, 0.3) is 0 Å². The van der Waals surface area contributed by atoms with Crippen molar-refractivity contribution in [3.05, 3.63) is 51.2 Å². The lowest BCUT2D eigenvalue weighted by molar-refractivity contribution is -0.127. The highest BCUT2D eigenvalue weighted by Gasteiger charge is 2.24. The SMILES string of the molecule is O=C(/C=C/c1cccs1)N1CCCC(Cc2nc(-c3ccsc3)no2)C1. The number of likely N-dealkylation sites (tertiary alicyclic amines) is 1. The van der Waals surface area contributed by atoms with Crippen LogP contribution >= 0.6 is 22.7 Å². The number of thiophene rings is 2. The second-order valence-electron chi connectivity index (χ2n) is 6.37. The predicted molar refractivity (Wildman–Crippen MR) is 104 cm³/mol. The van der Waals surface area contributed by atoms with Gasteiger partial charge in [-0.1, -0.05) is 11.2 Å². The number of hydrogen-bond acceptors (Lipinski definition) is 6. The molecule has 4 heterocycles. The van der Waals surface area contributed by atoms with Crippen LogP contribution in [-0.4, -0.2) is 34.0 Å². The first kappa shape index (κ1) is 17.2. The quantitative estimate of drug-likeness (QED) is 0.613. The van der Waals surface area contributed by atoms with Gasteiger partial charge in [-0.15, -0.1) is 11.3 Å². The van der Waals surface area contributed by atoms with Gasteiger partial charge in [-0.3, -0.25) is 4.79 Å². The molecule has 0 spiro atoms. The Bertz CT molecular complexity index is 869. The number of aromatic nitrogens is 2. The number of hydrogen-bond donors (Lipinski definition) is 0. The molecule has 134 valence electrons. The molecule has 1 atom stereocenters. The van der Waals surface area contributed by atoms with Crippen LogP contribution in [0.1, 0.15) is 23.6 Å². The van der Waals surface area contributed by atoms with Crippen molar-refractivity contribution < 1.29 is 9.32 Å². The molecule has 1 aliphatic heterocycles. The largest absolute Gasteiger partial charge is 0.339 e. The van der Waals surface area contributed by atoms with E-state index in [0.29, 0.717) is 17.6 Å².